The average Bonchev–Trinajstić information content (AvgIpc) is 2.88. The molecule has 0 fully saturated rings. The standard InChI is InChI=1S/C12H18N8/c1-7-5-9(3)19(17-7)11(13)15-16-12(14)20-10(4)6-8(2)18-20/h5-6H,1-4H3,(H2,13,15)(H2,14,16). The highest BCUT2D eigenvalue weighted by molar-refractivity contribution is 5.83. The minimum absolute atomic E-state index is 0.153. The third-order valence-electron chi connectivity index (χ3n) is 2.71. The van der Waals surface area contributed by atoms with E-state index in [0.717, 1.165) is 22.8 Å². The van der Waals surface area contributed by atoms with Crippen molar-refractivity contribution in [1.82, 2.24) is 19.6 Å². The Morgan fingerprint density at radius 1 is 0.850 bits per heavy atom. The molecule has 0 saturated heterocycles. The smallest absolute Gasteiger partial charge is 0.241 e. The number of hydrogen-bond acceptors (Lipinski definition) is 4. The van der Waals surface area contributed by atoms with E-state index < -0.39 is 0 Å². The molecule has 106 valence electrons. The summed E-state index contributed by atoms with van der Waals surface area (Å²) in [4.78, 5) is 0. The van der Waals surface area contributed by atoms with Crippen molar-refractivity contribution in [3.63, 3.8) is 0 Å². The van der Waals surface area contributed by atoms with Gasteiger partial charge in [0.25, 0.3) is 0 Å². The molecular weight excluding hydrogens is 256 g/mol. The van der Waals surface area contributed by atoms with E-state index in [4.69, 9.17) is 11.5 Å². The van der Waals surface area contributed by atoms with Gasteiger partial charge in [-0.15, -0.1) is 10.2 Å². The van der Waals surface area contributed by atoms with Crippen molar-refractivity contribution in [3.8, 4) is 0 Å². The first-order valence-corrected chi connectivity index (χ1v) is 6.12. The lowest BCUT2D eigenvalue weighted by molar-refractivity contribution is 0.845. The highest BCUT2D eigenvalue weighted by Gasteiger charge is 2.06. The van der Waals surface area contributed by atoms with Gasteiger partial charge in [-0.3, -0.25) is 0 Å². The molecule has 2 rings (SSSR count). The zero-order chi connectivity index (χ0) is 14.9. The largest absolute Gasteiger partial charge is 0.366 e. The molecule has 8 heteroatoms. The Morgan fingerprint density at radius 3 is 1.45 bits per heavy atom. The van der Waals surface area contributed by atoms with Crippen LogP contribution in [0.4, 0.5) is 0 Å². The second-order valence-electron chi connectivity index (χ2n) is 4.59. The van der Waals surface area contributed by atoms with E-state index in [-0.39, 0.29) is 11.9 Å². The van der Waals surface area contributed by atoms with Gasteiger partial charge in [-0.1, -0.05) is 0 Å². The maximum absolute atomic E-state index is 5.84. The second kappa shape index (κ2) is 5.16. The fourth-order valence-corrected chi connectivity index (χ4v) is 1.91. The Bertz CT molecular complexity index is 628. The molecule has 0 aromatic carbocycles. The van der Waals surface area contributed by atoms with E-state index in [2.05, 4.69) is 20.4 Å². The number of hydrogen-bond donors (Lipinski definition) is 2. The minimum Gasteiger partial charge on any atom is -0.366 e. The Labute approximate surface area is 116 Å². The minimum atomic E-state index is 0.153. The molecule has 0 aliphatic rings. The lowest BCUT2D eigenvalue weighted by atomic mass is 10.4. The van der Waals surface area contributed by atoms with E-state index in [1.807, 2.05) is 39.8 Å². The number of nitrogens with zero attached hydrogens (tertiary/aromatic N) is 6. The van der Waals surface area contributed by atoms with Crippen molar-refractivity contribution >= 4 is 11.9 Å². The highest BCUT2D eigenvalue weighted by Crippen LogP contribution is 2.02. The van der Waals surface area contributed by atoms with Gasteiger partial charge in [-0.25, -0.2) is 9.36 Å². The van der Waals surface area contributed by atoms with Crippen LogP contribution in [0, 0.1) is 27.7 Å². The first-order valence-electron chi connectivity index (χ1n) is 6.12. The van der Waals surface area contributed by atoms with Crippen LogP contribution in [-0.4, -0.2) is 31.5 Å². The fourth-order valence-electron chi connectivity index (χ4n) is 1.91. The third kappa shape index (κ3) is 2.68. The Balaban J connectivity index is 2.29. The summed E-state index contributed by atoms with van der Waals surface area (Å²) < 4.78 is 3.01. The van der Waals surface area contributed by atoms with Gasteiger partial charge in [-0.2, -0.15) is 10.2 Å². The molecular formula is C12H18N8. The molecule has 0 aliphatic heterocycles. The van der Waals surface area contributed by atoms with Crippen LogP contribution in [-0.2, 0) is 0 Å². The lowest BCUT2D eigenvalue weighted by Crippen LogP contribution is -2.27. The molecule has 0 aliphatic carbocycles. The molecule has 2 aromatic heterocycles. The zero-order valence-electron chi connectivity index (χ0n) is 12.0. The Kier molecular flexibility index (Phi) is 3.55. The number of nitrogens with two attached hydrogens (primary N) is 2. The SMILES string of the molecule is Cc1cc(C)n(/C(N)=N/N=C(\N)n2nc(C)cc2C)n1. The van der Waals surface area contributed by atoms with Gasteiger partial charge < -0.3 is 11.5 Å². The maximum atomic E-state index is 5.84. The predicted molar refractivity (Wildman–Crippen MR) is 77.4 cm³/mol. The number of aromatic nitrogens is 4. The topological polar surface area (TPSA) is 112 Å². The van der Waals surface area contributed by atoms with Crippen LogP contribution in [0.15, 0.2) is 22.3 Å². The molecule has 4 N–H and O–H groups in total. The lowest BCUT2D eigenvalue weighted by Gasteiger charge is -2.02. The van der Waals surface area contributed by atoms with Gasteiger partial charge >= 0.3 is 0 Å². The van der Waals surface area contributed by atoms with Crippen molar-refractivity contribution in [2.45, 2.75) is 27.7 Å². The molecule has 0 bridgehead atoms. The quantitative estimate of drug-likeness (QED) is 0.441. The van der Waals surface area contributed by atoms with Crippen LogP contribution in [0.25, 0.3) is 0 Å². The summed E-state index contributed by atoms with van der Waals surface area (Å²) in [5.41, 5.74) is 15.1. The van der Waals surface area contributed by atoms with Gasteiger partial charge in [0.05, 0.1) is 11.4 Å². The van der Waals surface area contributed by atoms with E-state index in [0.29, 0.717) is 0 Å². The number of aryl methyl sites for hydroxylation is 4. The summed E-state index contributed by atoms with van der Waals surface area (Å²) in [6.07, 6.45) is 0. The van der Waals surface area contributed by atoms with E-state index in [1.54, 1.807) is 0 Å². The van der Waals surface area contributed by atoms with Crippen LogP contribution in [0.1, 0.15) is 22.8 Å². The Morgan fingerprint density at radius 2 is 1.20 bits per heavy atom. The predicted octanol–water partition coefficient (Wildman–Crippen LogP) is 0.254. The normalized spacial score (nSPS) is 13.0. The molecule has 0 atom stereocenters. The van der Waals surface area contributed by atoms with Crippen LogP contribution in [0.5, 0.6) is 0 Å². The molecule has 0 amide bonds. The molecule has 0 saturated carbocycles. The molecule has 0 radical (unpaired) electrons. The summed E-state index contributed by atoms with van der Waals surface area (Å²) >= 11 is 0. The van der Waals surface area contributed by atoms with Gasteiger partial charge in [0.2, 0.25) is 11.9 Å². The molecule has 8 nitrogen and oxygen atoms in total. The van der Waals surface area contributed by atoms with Crippen molar-refractivity contribution in [2.75, 3.05) is 0 Å². The van der Waals surface area contributed by atoms with Gasteiger partial charge in [-0.05, 0) is 39.8 Å². The summed E-state index contributed by atoms with van der Waals surface area (Å²) in [5.74, 6) is 0.306. The van der Waals surface area contributed by atoms with Gasteiger partial charge in [0.15, 0.2) is 0 Å². The van der Waals surface area contributed by atoms with Gasteiger partial charge in [0, 0.05) is 11.4 Å². The average molecular weight is 274 g/mol. The molecule has 0 spiro atoms. The molecule has 20 heavy (non-hydrogen) atoms. The van der Waals surface area contributed by atoms with Crippen LogP contribution < -0.4 is 11.5 Å². The van der Waals surface area contributed by atoms with E-state index in [1.165, 1.54) is 9.36 Å². The summed E-state index contributed by atoms with van der Waals surface area (Å²) in [5, 5.41) is 16.2. The van der Waals surface area contributed by atoms with Crippen molar-refractivity contribution in [3.05, 3.63) is 34.9 Å². The van der Waals surface area contributed by atoms with Crippen molar-refractivity contribution in [2.24, 2.45) is 21.7 Å². The third-order valence-corrected chi connectivity index (χ3v) is 2.71. The van der Waals surface area contributed by atoms with Crippen molar-refractivity contribution < 1.29 is 0 Å². The van der Waals surface area contributed by atoms with E-state index in [9.17, 15) is 0 Å². The summed E-state index contributed by atoms with van der Waals surface area (Å²) in [6.45, 7) is 7.53. The summed E-state index contributed by atoms with van der Waals surface area (Å²) in [6, 6.07) is 3.80. The van der Waals surface area contributed by atoms with Crippen LogP contribution >= 0.6 is 0 Å². The van der Waals surface area contributed by atoms with E-state index >= 15 is 0 Å². The maximum Gasteiger partial charge on any atom is 0.241 e. The summed E-state index contributed by atoms with van der Waals surface area (Å²) in [7, 11) is 0. The highest BCUT2D eigenvalue weighted by atomic mass is 15.5. The zero-order valence-corrected chi connectivity index (χ0v) is 12.0. The van der Waals surface area contributed by atoms with Gasteiger partial charge in [0.1, 0.15) is 0 Å². The Hall–Kier alpha value is -2.64. The molecule has 0 unspecified atom stereocenters. The second-order valence-corrected chi connectivity index (χ2v) is 4.59. The monoisotopic (exact) mass is 274 g/mol. The molecule has 2 heterocycles. The van der Waals surface area contributed by atoms with Crippen LogP contribution in [0.2, 0.25) is 0 Å². The first kappa shape index (κ1) is 13.8. The van der Waals surface area contributed by atoms with Crippen LogP contribution in [0.3, 0.4) is 0 Å². The fraction of sp³-hybridized carbons (Fsp3) is 0.333. The first-order chi connectivity index (χ1) is 9.38. The van der Waals surface area contributed by atoms with Crippen molar-refractivity contribution in [1.29, 1.82) is 0 Å². The molecule has 2 aromatic rings. The number of rotatable bonds is 1.